The Bertz CT molecular complexity index is 1120. The molecular formula is C25H24F2N3O+. The van der Waals surface area contributed by atoms with Crippen LogP contribution in [-0.4, -0.2) is 19.1 Å². The number of nitrogens with zero attached hydrogens (tertiary/aromatic N) is 1. The average Bonchev–Trinajstić information content (AvgIpc) is 2.75. The minimum Gasteiger partial charge on any atom is -0.440 e. The number of ether oxygens (including phenoxy) is 1. The predicted octanol–water partition coefficient (Wildman–Crippen LogP) is 3.42. The van der Waals surface area contributed by atoms with Gasteiger partial charge in [0.15, 0.2) is 0 Å². The zero-order valence-electron chi connectivity index (χ0n) is 17.5. The van der Waals surface area contributed by atoms with Crippen molar-refractivity contribution in [2.75, 3.05) is 13.1 Å². The molecule has 3 N–H and O–H groups in total. The molecule has 0 saturated heterocycles. The number of hydrogen-bond acceptors (Lipinski definition) is 3. The van der Waals surface area contributed by atoms with Gasteiger partial charge >= 0.3 is 0 Å². The Balaban J connectivity index is 1.88. The number of quaternary nitrogens is 1. The summed E-state index contributed by atoms with van der Waals surface area (Å²) in [5.74, 6) is -0.320. The molecule has 6 heteroatoms. The minimum absolute atomic E-state index is 0.0635. The van der Waals surface area contributed by atoms with Gasteiger partial charge in [-0.25, -0.2) is 8.78 Å². The van der Waals surface area contributed by atoms with Crippen LogP contribution in [-0.2, 0) is 4.74 Å². The van der Waals surface area contributed by atoms with Gasteiger partial charge in [-0.3, -0.25) is 0 Å². The van der Waals surface area contributed by atoms with Crippen molar-refractivity contribution in [3.63, 3.8) is 0 Å². The number of nitrogens with two attached hydrogens (primary N) is 1. The smallest absolute Gasteiger partial charge is 0.205 e. The van der Waals surface area contributed by atoms with Gasteiger partial charge in [-0.1, -0.05) is 24.3 Å². The maximum atomic E-state index is 13.6. The van der Waals surface area contributed by atoms with E-state index in [1.54, 1.807) is 24.3 Å². The van der Waals surface area contributed by atoms with Crippen molar-refractivity contribution < 1.29 is 18.4 Å². The van der Waals surface area contributed by atoms with E-state index >= 15 is 0 Å². The quantitative estimate of drug-likeness (QED) is 0.800. The van der Waals surface area contributed by atoms with Crippen molar-refractivity contribution in [2.45, 2.75) is 25.8 Å². The van der Waals surface area contributed by atoms with Gasteiger partial charge < -0.3 is 15.4 Å². The molecule has 0 fully saturated rings. The fourth-order valence-corrected chi connectivity index (χ4v) is 4.19. The molecule has 2 aliphatic heterocycles. The first-order chi connectivity index (χ1) is 14.9. The Morgan fingerprint density at radius 3 is 2.26 bits per heavy atom. The fraction of sp³-hybridized carbons (Fsp3) is 0.240. The third-order valence-corrected chi connectivity index (χ3v) is 5.88. The second kappa shape index (κ2) is 8.37. The van der Waals surface area contributed by atoms with E-state index in [2.05, 4.69) is 19.9 Å². The molecule has 2 aromatic rings. The number of halogens is 2. The van der Waals surface area contributed by atoms with E-state index in [4.69, 9.17) is 10.5 Å². The van der Waals surface area contributed by atoms with Crippen molar-refractivity contribution >= 4 is 6.08 Å². The molecule has 4 rings (SSSR count). The van der Waals surface area contributed by atoms with Crippen LogP contribution in [0.2, 0.25) is 0 Å². The predicted molar refractivity (Wildman–Crippen MR) is 114 cm³/mol. The Kier molecular flexibility index (Phi) is 5.62. The van der Waals surface area contributed by atoms with Crippen LogP contribution in [0, 0.1) is 23.0 Å². The van der Waals surface area contributed by atoms with Crippen LogP contribution in [0.3, 0.4) is 0 Å². The van der Waals surface area contributed by atoms with E-state index in [1.807, 2.05) is 6.08 Å². The summed E-state index contributed by atoms with van der Waals surface area (Å²) in [6, 6.07) is 14.9. The topological polar surface area (TPSA) is 63.5 Å². The fourth-order valence-electron chi connectivity index (χ4n) is 4.19. The van der Waals surface area contributed by atoms with E-state index in [-0.39, 0.29) is 17.5 Å². The van der Waals surface area contributed by atoms with Crippen molar-refractivity contribution in [1.82, 2.24) is 0 Å². The average molecular weight is 420 g/mol. The van der Waals surface area contributed by atoms with Crippen molar-refractivity contribution in [2.24, 2.45) is 5.73 Å². The van der Waals surface area contributed by atoms with Crippen LogP contribution < -0.4 is 10.6 Å². The largest absolute Gasteiger partial charge is 0.440 e. The SMILES string of the molecule is CC(C)[NH+]1CC2=C(OC(N)=C(C#N)[C@@H]2c2ccc(F)cc2)/C(=C/c2ccc(F)cc2)C1. The highest BCUT2D eigenvalue weighted by Gasteiger charge is 2.40. The molecule has 2 heterocycles. The number of nitrogens with one attached hydrogen (secondary N) is 1. The van der Waals surface area contributed by atoms with Gasteiger partial charge in [-0.15, -0.1) is 0 Å². The molecule has 0 aromatic heterocycles. The summed E-state index contributed by atoms with van der Waals surface area (Å²) in [6.07, 6.45) is 1.97. The highest BCUT2D eigenvalue weighted by Crippen LogP contribution is 2.41. The molecule has 0 saturated carbocycles. The summed E-state index contributed by atoms with van der Waals surface area (Å²) in [4.78, 5) is 1.31. The van der Waals surface area contributed by atoms with Gasteiger partial charge in [0.1, 0.15) is 42.1 Å². The lowest BCUT2D eigenvalue weighted by Crippen LogP contribution is -3.16. The summed E-state index contributed by atoms with van der Waals surface area (Å²) in [7, 11) is 0. The standard InChI is InChI=1S/C25H23F2N3O/c1-15(2)30-13-18(11-16-3-7-19(26)8-4-16)24-22(14-30)23(21(12-28)25(29)31-24)17-5-9-20(27)10-6-17/h3-11,15,23H,13-14,29H2,1-2H3/p+1/b18-11+/t23-/m0/s1. The van der Waals surface area contributed by atoms with Crippen LogP contribution in [0.4, 0.5) is 8.78 Å². The highest BCUT2D eigenvalue weighted by molar-refractivity contribution is 5.62. The molecule has 0 aliphatic carbocycles. The van der Waals surface area contributed by atoms with E-state index in [0.717, 1.165) is 22.3 Å². The molecule has 2 aliphatic rings. The number of benzene rings is 2. The van der Waals surface area contributed by atoms with Crippen molar-refractivity contribution in [1.29, 1.82) is 5.26 Å². The number of rotatable bonds is 3. The van der Waals surface area contributed by atoms with Crippen LogP contribution in [0.1, 0.15) is 30.9 Å². The maximum Gasteiger partial charge on any atom is 0.205 e. The molecular weight excluding hydrogens is 396 g/mol. The lowest BCUT2D eigenvalue weighted by Gasteiger charge is -2.37. The number of allylic oxidation sites excluding steroid dienone is 1. The maximum absolute atomic E-state index is 13.6. The molecule has 31 heavy (non-hydrogen) atoms. The Morgan fingerprint density at radius 2 is 1.68 bits per heavy atom. The van der Waals surface area contributed by atoms with Crippen LogP contribution in [0.25, 0.3) is 6.08 Å². The summed E-state index contributed by atoms with van der Waals surface area (Å²) in [6.45, 7) is 5.66. The minimum atomic E-state index is -0.403. The summed E-state index contributed by atoms with van der Waals surface area (Å²) in [5, 5.41) is 9.82. The molecule has 0 amide bonds. The Morgan fingerprint density at radius 1 is 1.06 bits per heavy atom. The van der Waals surface area contributed by atoms with Gasteiger partial charge in [0.05, 0.1) is 12.0 Å². The third-order valence-electron chi connectivity index (χ3n) is 5.88. The summed E-state index contributed by atoms with van der Waals surface area (Å²) in [5.41, 5.74) is 10.0. The third kappa shape index (κ3) is 4.10. The van der Waals surface area contributed by atoms with Gasteiger partial charge in [0, 0.05) is 11.1 Å². The van der Waals surface area contributed by atoms with E-state index in [1.165, 1.54) is 29.2 Å². The van der Waals surface area contributed by atoms with E-state index in [0.29, 0.717) is 30.5 Å². The zero-order chi connectivity index (χ0) is 22.1. The van der Waals surface area contributed by atoms with Crippen molar-refractivity contribution in [3.05, 3.63) is 99.7 Å². The van der Waals surface area contributed by atoms with Gasteiger partial charge in [0.2, 0.25) is 5.88 Å². The van der Waals surface area contributed by atoms with Crippen LogP contribution >= 0.6 is 0 Å². The second-order valence-electron chi connectivity index (χ2n) is 8.22. The second-order valence-corrected chi connectivity index (χ2v) is 8.22. The molecule has 2 aromatic carbocycles. The number of hydrogen-bond donors (Lipinski definition) is 2. The normalized spacial score (nSPS) is 22.4. The lowest BCUT2D eigenvalue weighted by atomic mass is 9.80. The molecule has 0 radical (unpaired) electrons. The van der Waals surface area contributed by atoms with Crippen LogP contribution in [0.5, 0.6) is 0 Å². The monoisotopic (exact) mass is 420 g/mol. The van der Waals surface area contributed by atoms with Crippen LogP contribution in [0.15, 0.2) is 76.9 Å². The van der Waals surface area contributed by atoms with E-state index in [9.17, 15) is 14.0 Å². The Labute approximate surface area is 180 Å². The molecule has 2 atom stereocenters. The Hall–Kier alpha value is -3.43. The molecule has 1 unspecified atom stereocenters. The van der Waals surface area contributed by atoms with Gasteiger partial charge in [0.25, 0.3) is 0 Å². The first-order valence-electron chi connectivity index (χ1n) is 10.2. The number of nitriles is 1. The molecule has 0 spiro atoms. The summed E-state index contributed by atoms with van der Waals surface area (Å²) < 4.78 is 32.9. The first-order valence-corrected chi connectivity index (χ1v) is 10.2. The lowest BCUT2D eigenvalue weighted by molar-refractivity contribution is -0.913. The summed E-state index contributed by atoms with van der Waals surface area (Å²) >= 11 is 0. The molecule has 158 valence electrons. The highest BCUT2D eigenvalue weighted by atomic mass is 19.1. The zero-order valence-corrected chi connectivity index (χ0v) is 17.5. The van der Waals surface area contributed by atoms with Gasteiger partial charge in [-0.2, -0.15) is 5.26 Å². The molecule has 4 nitrogen and oxygen atoms in total. The van der Waals surface area contributed by atoms with Gasteiger partial charge in [-0.05, 0) is 55.3 Å². The van der Waals surface area contributed by atoms with Crippen molar-refractivity contribution in [3.8, 4) is 6.07 Å². The first kappa shape index (κ1) is 20.8. The van der Waals surface area contributed by atoms with E-state index < -0.39 is 5.92 Å². The molecule has 0 bridgehead atoms.